The number of nitriles is 1. The predicted octanol–water partition coefficient (Wildman–Crippen LogP) is 2.08. The van der Waals surface area contributed by atoms with E-state index >= 15 is 0 Å². The molecule has 0 spiro atoms. The second-order valence-corrected chi connectivity index (χ2v) is 3.36. The second kappa shape index (κ2) is 3.10. The highest BCUT2D eigenvalue weighted by molar-refractivity contribution is 5.44. The number of hydrogen-bond donors (Lipinski definition) is 0. The van der Waals surface area contributed by atoms with Crippen molar-refractivity contribution in [1.29, 1.82) is 5.26 Å². The minimum atomic E-state index is 0.259. The fourth-order valence-electron chi connectivity index (χ4n) is 1.75. The van der Waals surface area contributed by atoms with Crippen LogP contribution in [0.25, 0.3) is 0 Å². The standard InChI is InChI=1S/C11H11NO/c1-8-7-10-9(5-6-12)3-2-4-11(10)13-8/h2-4,8H,5,7H2,1H3. The van der Waals surface area contributed by atoms with E-state index < -0.39 is 0 Å². The Morgan fingerprint density at radius 2 is 2.46 bits per heavy atom. The highest BCUT2D eigenvalue weighted by Crippen LogP contribution is 2.31. The van der Waals surface area contributed by atoms with E-state index in [0.29, 0.717) is 6.42 Å². The topological polar surface area (TPSA) is 33.0 Å². The zero-order chi connectivity index (χ0) is 9.26. The average molecular weight is 173 g/mol. The highest BCUT2D eigenvalue weighted by atomic mass is 16.5. The Bertz CT molecular complexity index is 365. The largest absolute Gasteiger partial charge is 0.490 e. The van der Waals surface area contributed by atoms with E-state index in [9.17, 15) is 0 Å². The third kappa shape index (κ3) is 1.38. The molecule has 0 amide bonds. The van der Waals surface area contributed by atoms with Gasteiger partial charge < -0.3 is 4.74 Å². The van der Waals surface area contributed by atoms with Crippen LogP contribution in [-0.2, 0) is 12.8 Å². The number of nitrogens with zero attached hydrogens (tertiary/aromatic N) is 1. The van der Waals surface area contributed by atoms with Gasteiger partial charge in [0, 0.05) is 12.0 Å². The van der Waals surface area contributed by atoms with Crippen LogP contribution < -0.4 is 4.74 Å². The van der Waals surface area contributed by atoms with E-state index in [2.05, 4.69) is 13.0 Å². The van der Waals surface area contributed by atoms with Gasteiger partial charge in [-0.1, -0.05) is 12.1 Å². The fourth-order valence-corrected chi connectivity index (χ4v) is 1.75. The van der Waals surface area contributed by atoms with Crippen molar-refractivity contribution in [3.63, 3.8) is 0 Å². The molecule has 2 heteroatoms. The number of fused-ring (bicyclic) bond motifs is 1. The van der Waals surface area contributed by atoms with Gasteiger partial charge in [0.05, 0.1) is 12.5 Å². The summed E-state index contributed by atoms with van der Waals surface area (Å²) in [5.41, 5.74) is 2.33. The van der Waals surface area contributed by atoms with Crippen LogP contribution in [0.15, 0.2) is 18.2 Å². The Labute approximate surface area is 77.8 Å². The van der Waals surface area contributed by atoms with E-state index in [1.54, 1.807) is 0 Å². The molecule has 0 bridgehead atoms. The molecule has 0 saturated carbocycles. The quantitative estimate of drug-likeness (QED) is 0.651. The van der Waals surface area contributed by atoms with Crippen molar-refractivity contribution in [3.8, 4) is 11.8 Å². The molecule has 1 aromatic rings. The maximum atomic E-state index is 8.63. The molecular weight excluding hydrogens is 162 g/mol. The Hall–Kier alpha value is -1.49. The summed E-state index contributed by atoms with van der Waals surface area (Å²) in [6.45, 7) is 2.05. The number of ether oxygens (including phenoxy) is 1. The van der Waals surface area contributed by atoms with Crippen LogP contribution in [-0.4, -0.2) is 6.10 Å². The molecule has 0 fully saturated rings. The van der Waals surface area contributed by atoms with Crippen molar-refractivity contribution in [2.75, 3.05) is 0 Å². The van der Waals surface area contributed by atoms with Gasteiger partial charge in [-0.25, -0.2) is 0 Å². The lowest BCUT2D eigenvalue weighted by Crippen LogP contribution is -2.05. The van der Waals surface area contributed by atoms with Crippen LogP contribution in [0.5, 0.6) is 5.75 Å². The van der Waals surface area contributed by atoms with Crippen molar-refractivity contribution in [1.82, 2.24) is 0 Å². The molecule has 0 aliphatic carbocycles. The van der Waals surface area contributed by atoms with Crippen molar-refractivity contribution < 1.29 is 4.74 Å². The van der Waals surface area contributed by atoms with Crippen LogP contribution in [0.1, 0.15) is 18.1 Å². The SMILES string of the molecule is CC1Cc2c(CC#N)cccc2O1. The molecule has 2 rings (SSSR count). The third-order valence-corrected chi connectivity index (χ3v) is 2.32. The first kappa shape index (κ1) is 8.12. The molecular formula is C11H11NO. The molecule has 1 aliphatic heterocycles. The molecule has 1 atom stereocenters. The summed E-state index contributed by atoms with van der Waals surface area (Å²) < 4.78 is 5.58. The van der Waals surface area contributed by atoms with Gasteiger partial charge in [-0.05, 0) is 18.6 Å². The molecule has 66 valence electrons. The van der Waals surface area contributed by atoms with Crippen molar-refractivity contribution in [2.24, 2.45) is 0 Å². The number of hydrogen-bond acceptors (Lipinski definition) is 2. The average Bonchev–Trinajstić information content (AvgIpc) is 2.47. The zero-order valence-electron chi connectivity index (χ0n) is 7.58. The van der Waals surface area contributed by atoms with Crippen molar-refractivity contribution in [3.05, 3.63) is 29.3 Å². The smallest absolute Gasteiger partial charge is 0.123 e. The minimum absolute atomic E-state index is 0.259. The molecule has 13 heavy (non-hydrogen) atoms. The maximum absolute atomic E-state index is 8.63. The minimum Gasteiger partial charge on any atom is -0.490 e. The molecule has 0 N–H and O–H groups in total. The van der Waals surface area contributed by atoms with E-state index in [0.717, 1.165) is 17.7 Å². The molecule has 0 saturated heterocycles. The Morgan fingerprint density at radius 1 is 1.62 bits per heavy atom. The number of benzene rings is 1. The highest BCUT2D eigenvalue weighted by Gasteiger charge is 2.20. The lowest BCUT2D eigenvalue weighted by atomic mass is 10.0. The first-order chi connectivity index (χ1) is 6.31. The summed E-state index contributed by atoms with van der Waals surface area (Å²) in [6, 6.07) is 8.10. The van der Waals surface area contributed by atoms with Gasteiger partial charge in [0.25, 0.3) is 0 Å². The van der Waals surface area contributed by atoms with Gasteiger partial charge in [-0.2, -0.15) is 5.26 Å². The maximum Gasteiger partial charge on any atom is 0.123 e. The van der Waals surface area contributed by atoms with E-state index in [1.165, 1.54) is 5.56 Å². The number of rotatable bonds is 1. The van der Waals surface area contributed by atoms with Gasteiger partial charge in [0.15, 0.2) is 0 Å². The van der Waals surface area contributed by atoms with Crippen molar-refractivity contribution >= 4 is 0 Å². The van der Waals surface area contributed by atoms with E-state index in [1.807, 2.05) is 18.2 Å². The summed E-state index contributed by atoms with van der Waals surface area (Å²) in [4.78, 5) is 0. The fraction of sp³-hybridized carbons (Fsp3) is 0.364. The van der Waals surface area contributed by atoms with Crippen LogP contribution in [0.2, 0.25) is 0 Å². The monoisotopic (exact) mass is 173 g/mol. The zero-order valence-corrected chi connectivity index (χ0v) is 7.58. The van der Waals surface area contributed by atoms with Gasteiger partial charge >= 0.3 is 0 Å². The Kier molecular flexibility index (Phi) is 1.94. The first-order valence-corrected chi connectivity index (χ1v) is 4.45. The van der Waals surface area contributed by atoms with Crippen molar-refractivity contribution in [2.45, 2.75) is 25.9 Å². The summed E-state index contributed by atoms with van der Waals surface area (Å²) in [7, 11) is 0. The summed E-state index contributed by atoms with van der Waals surface area (Å²) in [5, 5.41) is 8.63. The molecule has 0 aromatic heterocycles. The van der Waals surface area contributed by atoms with Gasteiger partial charge in [0.2, 0.25) is 0 Å². The van der Waals surface area contributed by atoms with Crippen LogP contribution in [0.4, 0.5) is 0 Å². The van der Waals surface area contributed by atoms with Crippen LogP contribution in [0, 0.1) is 11.3 Å². The Morgan fingerprint density at radius 3 is 3.23 bits per heavy atom. The predicted molar refractivity (Wildman–Crippen MR) is 49.6 cm³/mol. The molecule has 1 aromatic carbocycles. The van der Waals surface area contributed by atoms with Crippen LogP contribution >= 0.6 is 0 Å². The summed E-state index contributed by atoms with van der Waals surface area (Å²) >= 11 is 0. The molecule has 1 aliphatic rings. The Balaban J connectivity index is 2.40. The first-order valence-electron chi connectivity index (χ1n) is 4.45. The lowest BCUT2D eigenvalue weighted by Gasteiger charge is -2.02. The molecule has 1 heterocycles. The van der Waals surface area contributed by atoms with Gasteiger partial charge in [-0.3, -0.25) is 0 Å². The normalized spacial score (nSPS) is 18.9. The third-order valence-electron chi connectivity index (χ3n) is 2.32. The molecule has 1 unspecified atom stereocenters. The molecule has 2 nitrogen and oxygen atoms in total. The van der Waals surface area contributed by atoms with Gasteiger partial charge in [-0.15, -0.1) is 0 Å². The molecule has 0 radical (unpaired) electrons. The van der Waals surface area contributed by atoms with Gasteiger partial charge in [0.1, 0.15) is 11.9 Å². The second-order valence-electron chi connectivity index (χ2n) is 3.36. The van der Waals surface area contributed by atoms with Crippen LogP contribution in [0.3, 0.4) is 0 Å². The summed E-state index contributed by atoms with van der Waals surface area (Å²) in [5.74, 6) is 0.959. The summed E-state index contributed by atoms with van der Waals surface area (Å²) in [6.07, 6.45) is 1.68. The van der Waals surface area contributed by atoms with E-state index in [4.69, 9.17) is 10.00 Å². The van der Waals surface area contributed by atoms with E-state index in [-0.39, 0.29) is 6.10 Å². The lowest BCUT2D eigenvalue weighted by molar-refractivity contribution is 0.254.